The fourth-order valence-corrected chi connectivity index (χ4v) is 2.15. The molecule has 1 heterocycles. The van der Waals surface area contributed by atoms with Crippen LogP contribution in [0.2, 0.25) is 0 Å². The van der Waals surface area contributed by atoms with Crippen LogP contribution in [0.15, 0.2) is 11.2 Å². The zero-order valence-corrected chi connectivity index (χ0v) is 10.1. The second-order valence-electron chi connectivity index (χ2n) is 3.63. The Balaban J connectivity index is 2.79. The highest BCUT2D eigenvalue weighted by atomic mass is 32.2. The van der Waals surface area contributed by atoms with Crippen LogP contribution in [0.25, 0.3) is 0 Å². The van der Waals surface area contributed by atoms with Gasteiger partial charge in [-0.05, 0) is 26.8 Å². The lowest BCUT2D eigenvalue weighted by molar-refractivity contribution is 0.285. The first kappa shape index (κ1) is 12.4. The van der Waals surface area contributed by atoms with E-state index < -0.39 is 0 Å². The maximum atomic E-state index is 9.14. The lowest BCUT2D eigenvalue weighted by atomic mass is 10.3. The molecule has 0 amide bonds. The number of thioether (sulfide) groups is 1. The standard InChI is InChI=1S/C10H17N3OS/c1-6-4-7(2)13-10(12-6)15-9(5-14)8(3)11/h4,8-9,14H,5,11H2,1-3H3. The van der Waals surface area contributed by atoms with Crippen LogP contribution in [0.5, 0.6) is 0 Å². The summed E-state index contributed by atoms with van der Waals surface area (Å²) in [4.78, 5) is 8.58. The molecule has 4 nitrogen and oxygen atoms in total. The van der Waals surface area contributed by atoms with E-state index in [0.717, 1.165) is 11.4 Å². The molecule has 1 rings (SSSR count). The van der Waals surface area contributed by atoms with E-state index in [1.54, 1.807) is 0 Å². The highest BCUT2D eigenvalue weighted by molar-refractivity contribution is 7.99. The first-order valence-electron chi connectivity index (χ1n) is 4.88. The van der Waals surface area contributed by atoms with Gasteiger partial charge in [0.1, 0.15) is 0 Å². The molecular weight excluding hydrogens is 210 g/mol. The second kappa shape index (κ2) is 5.44. The zero-order valence-electron chi connectivity index (χ0n) is 9.27. The first-order valence-corrected chi connectivity index (χ1v) is 5.76. The maximum Gasteiger partial charge on any atom is 0.188 e. The molecule has 0 aliphatic rings. The van der Waals surface area contributed by atoms with Gasteiger partial charge >= 0.3 is 0 Å². The third-order valence-corrected chi connectivity index (χ3v) is 3.26. The van der Waals surface area contributed by atoms with Gasteiger partial charge in [0, 0.05) is 17.4 Å². The number of nitrogens with two attached hydrogens (primary N) is 1. The molecule has 15 heavy (non-hydrogen) atoms. The minimum Gasteiger partial charge on any atom is -0.395 e. The van der Waals surface area contributed by atoms with Crippen molar-refractivity contribution in [1.82, 2.24) is 9.97 Å². The van der Waals surface area contributed by atoms with Gasteiger partial charge in [0.2, 0.25) is 0 Å². The molecular formula is C10H17N3OS. The van der Waals surface area contributed by atoms with E-state index in [-0.39, 0.29) is 17.9 Å². The Bertz CT molecular complexity index is 310. The fraction of sp³-hybridized carbons (Fsp3) is 0.600. The van der Waals surface area contributed by atoms with Gasteiger partial charge in [-0.3, -0.25) is 0 Å². The molecule has 2 atom stereocenters. The Hall–Kier alpha value is -0.650. The van der Waals surface area contributed by atoms with Crippen molar-refractivity contribution in [2.24, 2.45) is 5.73 Å². The summed E-state index contributed by atoms with van der Waals surface area (Å²) >= 11 is 1.43. The number of aliphatic hydroxyl groups excluding tert-OH is 1. The zero-order chi connectivity index (χ0) is 11.4. The van der Waals surface area contributed by atoms with Gasteiger partial charge in [-0.1, -0.05) is 11.8 Å². The van der Waals surface area contributed by atoms with Crippen LogP contribution >= 0.6 is 11.8 Å². The highest BCUT2D eigenvalue weighted by Gasteiger charge is 2.15. The van der Waals surface area contributed by atoms with Crippen LogP contribution in [0.3, 0.4) is 0 Å². The molecule has 0 aromatic carbocycles. The average Bonchev–Trinajstić information content (AvgIpc) is 2.12. The topological polar surface area (TPSA) is 72.0 Å². The molecule has 0 saturated heterocycles. The minimum absolute atomic E-state index is 0.0404. The van der Waals surface area contributed by atoms with Gasteiger partial charge in [0.05, 0.1) is 11.9 Å². The largest absolute Gasteiger partial charge is 0.395 e. The number of nitrogens with zero attached hydrogens (tertiary/aromatic N) is 2. The molecule has 0 spiro atoms. The third kappa shape index (κ3) is 3.77. The summed E-state index contributed by atoms with van der Waals surface area (Å²) in [6.07, 6.45) is 0. The quantitative estimate of drug-likeness (QED) is 0.590. The predicted octanol–water partition coefficient (Wildman–Crippen LogP) is 0.894. The third-order valence-electron chi connectivity index (χ3n) is 1.98. The molecule has 5 heteroatoms. The summed E-state index contributed by atoms with van der Waals surface area (Å²) < 4.78 is 0. The summed E-state index contributed by atoms with van der Waals surface area (Å²) in [6.45, 7) is 5.77. The number of aromatic nitrogens is 2. The van der Waals surface area contributed by atoms with Crippen LogP contribution in [0.1, 0.15) is 18.3 Å². The van der Waals surface area contributed by atoms with Crippen LogP contribution in [0, 0.1) is 13.8 Å². The van der Waals surface area contributed by atoms with Gasteiger partial charge in [0.25, 0.3) is 0 Å². The molecule has 0 saturated carbocycles. The van der Waals surface area contributed by atoms with E-state index in [2.05, 4.69) is 9.97 Å². The van der Waals surface area contributed by atoms with Crippen LogP contribution in [0.4, 0.5) is 0 Å². The lowest BCUT2D eigenvalue weighted by Gasteiger charge is -2.16. The molecule has 0 fully saturated rings. The van der Waals surface area contributed by atoms with E-state index in [0.29, 0.717) is 5.16 Å². The Morgan fingerprint density at radius 1 is 1.40 bits per heavy atom. The molecule has 84 valence electrons. The van der Waals surface area contributed by atoms with Crippen molar-refractivity contribution in [2.75, 3.05) is 6.61 Å². The second-order valence-corrected chi connectivity index (χ2v) is 4.84. The summed E-state index contributed by atoms with van der Waals surface area (Å²) in [5.74, 6) is 0. The maximum absolute atomic E-state index is 9.14. The smallest absolute Gasteiger partial charge is 0.188 e. The van der Waals surface area contributed by atoms with Gasteiger partial charge in [-0.15, -0.1) is 0 Å². The summed E-state index contributed by atoms with van der Waals surface area (Å²) in [7, 11) is 0. The molecule has 0 radical (unpaired) electrons. The molecule has 3 N–H and O–H groups in total. The van der Waals surface area contributed by atoms with Crippen molar-refractivity contribution in [3.63, 3.8) is 0 Å². The Labute approximate surface area is 94.3 Å². The lowest BCUT2D eigenvalue weighted by Crippen LogP contribution is -2.32. The molecule has 0 bridgehead atoms. The Morgan fingerprint density at radius 2 is 1.93 bits per heavy atom. The average molecular weight is 227 g/mol. The summed E-state index contributed by atoms with van der Waals surface area (Å²) in [5, 5.41) is 9.77. The number of aliphatic hydroxyl groups is 1. The van der Waals surface area contributed by atoms with Crippen molar-refractivity contribution >= 4 is 11.8 Å². The van der Waals surface area contributed by atoms with Crippen molar-refractivity contribution in [2.45, 2.75) is 37.2 Å². The van der Waals surface area contributed by atoms with Crippen molar-refractivity contribution < 1.29 is 5.11 Å². The fourth-order valence-electron chi connectivity index (χ4n) is 1.19. The van der Waals surface area contributed by atoms with Crippen LogP contribution in [-0.4, -0.2) is 33.0 Å². The number of hydrogen-bond acceptors (Lipinski definition) is 5. The summed E-state index contributed by atoms with van der Waals surface area (Å²) in [5.41, 5.74) is 7.61. The first-order chi connectivity index (χ1) is 7.02. The van der Waals surface area contributed by atoms with Crippen molar-refractivity contribution in [3.05, 3.63) is 17.5 Å². The minimum atomic E-state index is -0.0792. The van der Waals surface area contributed by atoms with E-state index in [1.165, 1.54) is 11.8 Å². The van der Waals surface area contributed by atoms with Crippen molar-refractivity contribution in [3.8, 4) is 0 Å². The molecule has 0 aliphatic heterocycles. The Kier molecular flexibility index (Phi) is 4.50. The normalized spacial score (nSPS) is 15.0. The van der Waals surface area contributed by atoms with E-state index >= 15 is 0 Å². The van der Waals surface area contributed by atoms with Crippen LogP contribution in [-0.2, 0) is 0 Å². The molecule has 1 aromatic rings. The predicted molar refractivity (Wildman–Crippen MR) is 61.9 cm³/mol. The SMILES string of the molecule is Cc1cc(C)nc(SC(CO)C(C)N)n1. The Morgan fingerprint density at radius 3 is 2.33 bits per heavy atom. The summed E-state index contributed by atoms with van der Waals surface area (Å²) in [6, 6.07) is 1.84. The number of rotatable bonds is 4. The number of hydrogen-bond donors (Lipinski definition) is 2. The van der Waals surface area contributed by atoms with Gasteiger partial charge in [-0.2, -0.15) is 0 Å². The van der Waals surface area contributed by atoms with Crippen molar-refractivity contribution in [1.29, 1.82) is 0 Å². The number of aryl methyl sites for hydroxylation is 2. The molecule has 2 unspecified atom stereocenters. The monoisotopic (exact) mass is 227 g/mol. The van der Waals surface area contributed by atoms with E-state index in [9.17, 15) is 0 Å². The van der Waals surface area contributed by atoms with Crippen LogP contribution < -0.4 is 5.73 Å². The molecule has 0 aliphatic carbocycles. The van der Waals surface area contributed by atoms with E-state index in [1.807, 2.05) is 26.8 Å². The van der Waals surface area contributed by atoms with Gasteiger partial charge in [0.15, 0.2) is 5.16 Å². The van der Waals surface area contributed by atoms with E-state index in [4.69, 9.17) is 10.8 Å². The van der Waals surface area contributed by atoms with Gasteiger partial charge in [-0.25, -0.2) is 9.97 Å². The van der Waals surface area contributed by atoms with Gasteiger partial charge < -0.3 is 10.8 Å². The molecule has 1 aromatic heterocycles. The highest BCUT2D eigenvalue weighted by Crippen LogP contribution is 2.21.